The second-order valence-corrected chi connectivity index (χ2v) is 4.59. The number of methoxy groups -OCH3 is 2. The van der Waals surface area contributed by atoms with Crippen LogP contribution in [0.5, 0.6) is 11.5 Å². The highest BCUT2D eigenvalue weighted by atomic mass is 16.5. The summed E-state index contributed by atoms with van der Waals surface area (Å²) >= 11 is 0. The molecule has 1 aromatic rings. The molecule has 116 valence electrons. The third-order valence-electron chi connectivity index (χ3n) is 2.96. The molecule has 0 aliphatic carbocycles. The van der Waals surface area contributed by atoms with E-state index in [0.717, 1.165) is 5.56 Å². The van der Waals surface area contributed by atoms with Gasteiger partial charge in [-0.1, -0.05) is 6.07 Å². The summed E-state index contributed by atoms with van der Waals surface area (Å²) in [6.45, 7) is 0.298. The first-order valence-electron chi connectivity index (χ1n) is 6.32. The van der Waals surface area contributed by atoms with E-state index in [1.165, 1.54) is 19.1 Å². The minimum absolute atomic E-state index is 0.298. The molecule has 0 aliphatic heterocycles. The lowest BCUT2D eigenvalue weighted by atomic mass is 10.1. The average Bonchev–Trinajstić information content (AvgIpc) is 2.45. The number of hydrogen-bond acceptors (Lipinski definition) is 5. The minimum atomic E-state index is -1.10. The number of nitrogens with two attached hydrogens (primary N) is 1. The van der Waals surface area contributed by atoms with Gasteiger partial charge in [0.15, 0.2) is 11.5 Å². The van der Waals surface area contributed by atoms with E-state index >= 15 is 0 Å². The molecule has 21 heavy (non-hydrogen) atoms. The topological polar surface area (TPSA) is 102 Å². The van der Waals surface area contributed by atoms with Gasteiger partial charge in [-0.3, -0.25) is 9.59 Å². The average molecular weight is 296 g/mol. The number of nitrogens with zero attached hydrogens (tertiary/aromatic N) is 1. The minimum Gasteiger partial charge on any atom is -0.493 e. The number of benzene rings is 1. The first-order valence-corrected chi connectivity index (χ1v) is 6.32. The van der Waals surface area contributed by atoms with Crippen LogP contribution in [0, 0.1) is 0 Å². The fourth-order valence-corrected chi connectivity index (χ4v) is 1.89. The van der Waals surface area contributed by atoms with Crippen molar-refractivity contribution in [3.63, 3.8) is 0 Å². The van der Waals surface area contributed by atoms with Gasteiger partial charge in [0.1, 0.15) is 0 Å². The summed E-state index contributed by atoms with van der Waals surface area (Å²) < 4.78 is 10.3. The molecule has 3 N–H and O–H groups in total. The molecule has 0 heterocycles. The number of likely N-dealkylation sites (N-methyl/N-ethyl adjacent to an activating group) is 1. The molecule has 1 unspecified atom stereocenters. The van der Waals surface area contributed by atoms with Crippen LogP contribution in [0.3, 0.4) is 0 Å². The predicted octanol–water partition coefficient (Wildman–Crippen LogP) is 0.464. The van der Waals surface area contributed by atoms with Gasteiger partial charge in [0.25, 0.3) is 0 Å². The largest absolute Gasteiger partial charge is 0.493 e. The molecule has 0 saturated carbocycles. The zero-order valence-corrected chi connectivity index (χ0v) is 12.3. The van der Waals surface area contributed by atoms with Crippen LogP contribution in [0.2, 0.25) is 0 Å². The molecule has 1 amide bonds. The highest BCUT2D eigenvalue weighted by molar-refractivity contribution is 5.85. The van der Waals surface area contributed by atoms with Crippen molar-refractivity contribution in [1.29, 1.82) is 0 Å². The number of rotatable bonds is 7. The SMILES string of the molecule is COc1ccc(CN(C)C(=O)C(N)CC(=O)O)cc1OC. The second kappa shape index (κ2) is 7.49. The van der Waals surface area contributed by atoms with Crippen LogP contribution in [0.4, 0.5) is 0 Å². The molecule has 1 aromatic carbocycles. The van der Waals surface area contributed by atoms with E-state index in [4.69, 9.17) is 20.3 Å². The van der Waals surface area contributed by atoms with Crippen molar-refractivity contribution in [1.82, 2.24) is 4.90 Å². The maximum absolute atomic E-state index is 11.9. The summed E-state index contributed by atoms with van der Waals surface area (Å²) in [7, 11) is 4.64. The molecule has 0 saturated heterocycles. The van der Waals surface area contributed by atoms with Crippen molar-refractivity contribution in [2.24, 2.45) is 5.73 Å². The molecule has 0 aromatic heterocycles. The van der Waals surface area contributed by atoms with E-state index in [1.807, 2.05) is 0 Å². The number of carbonyl (C=O) groups excluding carboxylic acids is 1. The molecular formula is C14H20N2O5. The number of hydrogen-bond donors (Lipinski definition) is 2. The van der Waals surface area contributed by atoms with Gasteiger partial charge in [0.05, 0.1) is 26.7 Å². The van der Waals surface area contributed by atoms with Gasteiger partial charge in [-0.15, -0.1) is 0 Å². The van der Waals surface area contributed by atoms with Gasteiger partial charge >= 0.3 is 5.97 Å². The van der Waals surface area contributed by atoms with Crippen LogP contribution in [-0.2, 0) is 16.1 Å². The monoisotopic (exact) mass is 296 g/mol. The quantitative estimate of drug-likeness (QED) is 0.758. The summed E-state index contributed by atoms with van der Waals surface area (Å²) in [5, 5.41) is 8.65. The fourth-order valence-electron chi connectivity index (χ4n) is 1.89. The molecule has 7 nitrogen and oxygen atoms in total. The smallest absolute Gasteiger partial charge is 0.305 e. The Morgan fingerprint density at radius 3 is 2.43 bits per heavy atom. The molecule has 0 radical (unpaired) electrons. The lowest BCUT2D eigenvalue weighted by Crippen LogP contribution is -2.42. The van der Waals surface area contributed by atoms with Crippen molar-refractivity contribution in [2.45, 2.75) is 19.0 Å². The highest BCUT2D eigenvalue weighted by Crippen LogP contribution is 2.27. The van der Waals surface area contributed by atoms with E-state index in [-0.39, 0.29) is 0 Å². The van der Waals surface area contributed by atoms with Crippen molar-refractivity contribution >= 4 is 11.9 Å². The van der Waals surface area contributed by atoms with Crippen LogP contribution in [-0.4, -0.2) is 49.2 Å². The van der Waals surface area contributed by atoms with E-state index in [1.54, 1.807) is 25.2 Å². The maximum atomic E-state index is 11.9. The zero-order valence-electron chi connectivity index (χ0n) is 12.3. The Labute approximate surface area is 123 Å². The van der Waals surface area contributed by atoms with Gasteiger partial charge in [-0.25, -0.2) is 0 Å². The summed E-state index contributed by atoms with van der Waals surface area (Å²) in [5.74, 6) is -0.369. The summed E-state index contributed by atoms with van der Waals surface area (Å²) in [6.07, 6.45) is -0.394. The van der Waals surface area contributed by atoms with E-state index in [0.29, 0.717) is 18.0 Å². The highest BCUT2D eigenvalue weighted by Gasteiger charge is 2.21. The van der Waals surface area contributed by atoms with Crippen LogP contribution >= 0.6 is 0 Å². The Bertz CT molecular complexity index is 518. The van der Waals surface area contributed by atoms with Crippen LogP contribution in [0.1, 0.15) is 12.0 Å². The van der Waals surface area contributed by atoms with Crippen molar-refractivity contribution in [3.05, 3.63) is 23.8 Å². The Hall–Kier alpha value is -2.28. The Morgan fingerprint density at radius 1 is 1.29 bits per heavy atom. The van der Waals surface area contributed by atoms with Crippen LogP contribution in [0.15, 0.2) is 18.2 Å². The van der Waals surface area contributed by atoms with Gasteiger partial charge in [-0.2, -0.15) is 0 Å². The zero-order chi connectivity index (χ0) is 16.0. The van der Waals surface area contributed by atoms with E-state index in [9.17, 15) is 9.59 Å². The molecule has 1 atom stereocenters. The molecule has 0 spiro atoms. The second-order valence-electron chi connectivity index (χ2n) is 4.59. The molecular weight excluding hydrogens is 276 g/mol. The number of carbonyl (C=O) groups is 2. The lowest BCUT2D eigenvalue weighted by molar-refractivity contribution is -0.141. The molecule has 0 bridgehead atoms. The maximum Gasteiger partial charge on any atom is 0.305 e. The van der Waals surface area contributed by atoms with Gasteiger partial charge in [0, 0.05) is 13.6 Å². The number of carboxylic acids is 1. The predicted molar refractivity (Wildman–Crippen MR) is 76.2 cm³/mol. The van der Waals surface area contributed by atoms with Crippen LogP contribution in [0.25, 0.3) is 0 Å². The van der Waals surface area contributed by atoms with Crippen molar-refractivity contribution < 1.29 is 24.2 Å². The number of carboxylic acid groups (broad SMARTS) is 1. The number of amides is 1. The Kier molecular flexibility index (Phi) is 5.98. The number of aliphatic carboxylic acids is 1. The summed E-state index contributed by atoms with van der Waals surface area (Å²) in [5.41, 5.74) is 6.38. The van der Waals surface area contributed by atoms with E-state index in [2.05, 4.69) is 0 Å². The van der Waals surface area contributed by atoms with Crippen molar-refractivity contribution in [3.8, 4) is 11.5 Å². The van der Waals surface area contributed by atoms with Gasteiger partial charge in [0.2, 0.25) is 5.91 Å². The third-order valence-corrected chi connectivity index (χ3v) is 2.96. The fraction of sp³-hybridized carbons (Fsp3) is 0.429. The first-order chi connectivity index (χ1) is 9.88. The standard InChI is InChI=1S/C14H20N2O5/c1-16(14(19)10(15)7-13(17)18)8-9-4-5-11(20-2)12(6-9)21-3/h4-6,10H,7-8,15H2,1-3H3,(H,17,18). The number of ether oxygens (including phenoxy) is 2. The molecule has 7 heteroatoms. The first kappa shape index (κ1) is 16.8. The normalized spacial score (nSPS) is 11.6. The molecule has 1 rings (SSSR count). The third kappa shape index (κ3) is 4.64. The van der Waals surface area contributed by atoms with Gasteiger partial charge < -0.3 is 25.2 Å². The summed E-state index contributed by atoms with van der Waals surface area (Å²) in [4.78, 5) is 23.9. The van der Waals surface area contributed by atoms with Crippen molar-refractivity contribution in [2.75, 3.05) is 21.3 Å². The lowest BCUT2D eigenvalue weighted by Gasteiger charge is -2.21. The molecule has 0 aliphatic rings. The Morgan fingerprint density at radius 2 is 1.90 bits per heavy atom. The van der Waals surface area contributed by atoms with Crippen LogP contribution < -0.4 is 15.2 Å². The Balaban J connectivity index is 2.76. The van der Waals surface area contributed by atoms with E-state index < -0.39 is 24.3 Å². The summed E-state index contributed by atoms with van der Waals surface area (Å²) in [6, 6.07) is 4.25. The molecule has 0 fully saturated rings. The van der Waals surface area contributed by atoms with Gasteiger partial charge in [-0.05, 0) is 17.7 Å².